The van der Waals surface area contributed by atoms with E-state index >= 15 is 0 Å². The summed E-state index contributed by atoms with van der Waals surface area (Å²) < 4.78 is 4.72. The van der Waals surface area contributed by atoms with Gasteiger partial charge in [-0.2, -0.15) is 0 Å². The van der Waals surface area contributed by atoms with E-state index in [-0.39, 0.29) is 17.4 Å². The summed E-state index contributed by atoms with van der Waals surface area (Å²) >= 11 is 5.72. The Bertz CT molecular complexity index is 482. The largest absolute Gasteiger partial charge is 0.506 e. The fourth-order valence-corrected chi connectivity index (χ4v) is 1.54. The molecule has 0 aliphatic carbocycles. The standard InChI is InChI=1S/C11H10ClNO3/c1-6-2-3-7(9(14)4-6)13-8-5-16-11(15)10(8)12/h2-4,13-14H,5H2,1H3. The fraction of sp³-hybridized carbons (Fsp3) is 0.182. The Balaban J connectivity index is 2.25. The minimum absolute atomic E-state index is 0.0278. The van der Waals surface area contributed by atoms with E-state index in [1.807, 2.05) is 13.0 Å². The first-order valence-corrected chi connectivity index (χ1v) is 5.08. The van der Waals surface area contributed by atoms with Crippen LogP contribution in [0.5, 0.6) is 5.75 Å². The van der Waals surface area contributed by atoms with Gasteiger partial charge in [-0.1, -0.05) is 17.7 Å². The summed E-state index contributed by atoms with van der Waals surface area (Å²) in [5.74, 6) is -0.438. The number of ether oxygens (including phenoxy) is 1. The van der Waals surface area contributed by atoms with Crippen molar-refractivity contribution in [3.8, 4) is 5.75 Å². The number of hydrogen-bond donors (Lipinski definition) is 2. The molecule has 4 nitrogen and oxygen atoms in total. The highest BCUT2D eigenvalue weighted by molar-refractivity contribution is 6.42. The molecule has 1 heterocycles. The molecule has 1 aromatic carbocycles. The van der Waals surface area contributed by atoms with Crippen molar-refractivity contribution in [1.29, 1.82) is 0 Å². The van der Waals surface area contributed by atoms with Crippen molar-refractivity contribution in [1.82, 2.24) is 0 Å². The number of aryl methyl sites for hydroxylation is 1. The Morgan fingerprint density at radius 1 is 1.50 bits per heavy atom. The maximum absolute atomic E-state index is 11.0. The molecule has 0 radical (unpaired) electrons. The summed E-state index contributed by atoms with van der Waals surface area (Å²) in [6.45, 7) is 1.98. The van der Waals surface area contributed by atoms with Crippen LogP contribution >= 0.6 is 11.6 Å². The molecule has 2 N–H and O–H groups in total. The summed E-state index contributed by atoms with van der Waals surface area (Å²) in [7, 11) is 0. The van der Waals surface area contributed by atoms with Crippen molar-refractivity contribution in [3.63, 3.8) is 0 Å². The van der Waals surface area contributed by atoms with E-state index in [9.17, 15) is 9.90 Å². The van der Waals surface area contributed by atoms with Gasteiger partial charge < -0.3 is 15.2 Å². The van der Waals surface area contributed by atoms with Gasteiger partial charge in [0.25, 0.3) is 0 Å². The third kappa shape index (κ3) is 1.97. The summed E-state index contributed by atoms with van der Waals surface area (Å²) in [5.41, 5.74) is 1.91. The molecule has 16 heavy (non-hydrogen) atoms. The average molecular weight is 240 g/mol. The van der Waals surface area contributed by atoms with Gasteiger partial charge in [-0.3, -0.25) is 0 Å². The zero-order valence-electron chi connectivity index (χ0n) is 8.58. The summed E-state index contributed by atoms with van der Waals surface area (Å²) in [6, 6.07) is 5.17. The second-order valence-electron chi connectivity index (χ2n) is 3.51. The van der Waals surface area contributed by atoms with Crippen LogP contribution in [0.2, 0.25) is 0 Å². The quantitative estimate of drug-likeness (QED) is 0.613. The highest BCUT2D eigenvalue weighted by Gasteiger charge is 2.23. The number of phenolic OH excluding ortho intramolecular Hbond substituents is 1. The third-order valence-electron chi connectivity index (χ3n) is 2.23. The highest BCUT2D eigenvalue weighted by Crippen LogP contribution is 2.28. The van der Waals surface area contributed by atoms with Gasteiger partial charge in [0.2, 0.25) is 0 Å². The molecule has 0 saturated heterocycles. The second kappa shape index (κ2) is 4.06. The van der Waals surface area contributed by atoms with Crippen LogP contribution in [0.4, 0.5) is 5.69 Å². The molecule has 0 unspecified atom stereocenters. The number of hydrogen-bond acceptors (Lipinski definition) is 4. The maximum Gasteiger partial charge on any atom is 0.352 e. The molecular formula is C11H10ClNO3. The van der Waals surface area contributed by atoms with Crippen LogP contribution < -0.4 is 5.32 Å². The van der Waals surface area contributed by atoms with Crippen molar-refractivity contribution in [2.45, 2.75) is 6.92 Å². The zero-order valence-corrected chi connectivity index (χ0v) is 9.34. The lowest BCUT2D eigenvalue weighted by Gasteiger charge is -2.08. The normalized spacial score (nSPS) is 15.2. The first kappa shape index (κ1) is 10.8. The lowest BCUT2D eigenvalue weighted by molar-refractivity contribution is -0.135. The zero-order chi connectivity index (χ0) is 11.7. The van der Waals surface area contributed by atoms with Crippen molar-refractivity contribution in [3.05, 3.63) is 34.5 Å². The number of aromatic hydroxyl groups is 1. The van der Waals surface area contributed by atoms with Crippen molar-refractivity contribution in [2.75, 3.05) is 11.9 Å². The Labute approximate surface area is 97.5 Å². The molecule has 0 amide bonds. The number of esters is 1. The molecule has 0 spiro atoms. The molecule has 1 aliphatic rings. The second-order valence-corrected chi connectivity index (χ2v) is 3.89. The summed E-state index contributed by atoms with van der Waals surface area (Å²) in [4.78, 5) is 11.0. The summed E-state index contributed by atoms with van der Waals surface area (Å²) in [5, 5.41) is 12.5. The molecule has 1 aliphatic heterocycles. The Hall–Kier alpha value is -1.68. The van der Waals surface area contributed by atoms with Crippen LogP contribution in [0, 0.1) is 6.92 Å². The van der Waals surface area contributed by atoms with Crippen LogP contribution in [0.1, 0.15) is 5.56 Å². The van der Waals surface area contributed by atoms with Crippen LogP contribution in [0.25, 0.3) is 0 Å². The predicted octanol–water partition coefficient (Wildman–Crippen LogP) is 2.12. The third-order valence-corrected chi connectivity index (χ3v) is 2.61. The van der Waals surface area contributed by atoms with Gasteiger partial charge in [0.1, 0.15) is 17.4 Å². The van der Waals surface area contributed by atoms with E-state index in [1.165, 1.54) is 0 Å². The van der Waals surface area contributed by atoms with Crippen LogP contribution in [-0.2, 0) is 9.53 Å². The van der Waals surface area contributed by atoms with Crippen molar-refractivity contribution >= 4 is 23.3 Å². The van der Waals surface area contributed by atoms with Gasteiger partial charge in [-0.05, 0) is 24.6 Å². The van der Waals surface area contributed by atoms with Gasteiger partial charge >= 0.3 is 5.97 Å². The number of rotatable bonds is 2. The van der Waals surface area contributed by atoms with Gasteiger partial charge in [-0.25, -0.2) is 4.79 Å². The van der Waals surface area contributed by atoms with Crippen LogP contribution in [0.3, 0.4) is 0 Å². The van der Waals surface area contributed by atoms with Gasteiger partial charge in [0.15, 0.2) is 0 Å². The lowest BCUT2D eigenvalue weighted by Crippen LogP contribution is -2.02. The topological polar surface area (TPSA) is 58.6 Å². The van der Waals surface area contributed by atoms with Crippen molar-refractivity contribution in [2.24, 2.45) is 0 Å². The minimum atomic E-state index is -0.546. The SMILES string of the molecule is Cc1ccc(NC2=C(Cl)C(=O)OC2)c(O)c1. The molecular weight excluding hydrogens is 230 g/mol. The van der Waals surface area contributed by atoms with E-state index in [4.69, 9.17) is 16.3 Å². The highest BCUT2D eigenvalue weighted by atomic mass is 35.5. The molecule has 0 aromatic heterocycles. The van der Waals surface area contributed by atoms with E-state index in [0.717, 1.165) is 5.56 Å². The van der Waals surface area contributed by atoms with E-state index in [2.05, 4.69) is 5.32 Å². The molecule has 2 rings (SSSR count). The fourth-order valence-electron chi connectivity index (χ4n) is 1.39. The molecule has 1 aromatic rings. The summed E-state index contributed by atoms with van der Waals surface area (Å²) in [6.07, 6.45) is 0. The van der Waals surface area contributed by atoms with Gasteiger partial charge in [0, 0.05) is 0 Å². The van der Waals surface area contributed by atoms with Crippen molar-refractivity contribution < 1.29 is 14.6 Å². The van der Waals surface area contributed by atoms with Gasteiger partial charge in [-0.15, -0.1) is 0 Å². The first-order valence-electron chi connectivity index (χ1n) is 4.70. The Morgan fingerprint density at radius 3 is 2.81 bits per heavy atom. The van der Waals surface area contributed by atoms with E-state index in [1.54, 1.807) is 12.1 Å². The van der Waals surface area contributed by atoms with E-state index in [0.29, 0.717) is 11.4 Å². The molecule has 0 saturated carbocycles. The molecule has 0 fully saturated rings. The van der Waals surface area contributed by atoms with Crippen LogP contribution in [0.15, 0.2) is 28.9 Å². The number of cyclic esters (lactones) is 1. The maximum atomic E-state index is 11.0. The number of halogens is 1. The number of carbonyl (C=O) groups excluding carboxylic acids is 1. The Kier molecular flexibility index (Phi) is 2.75. The van der Waals surface area contributed by atoms with Gasteiger partial charge in [0.05, 0.1) is 11.4 Å². The Morgan fingerprint density at radius 2 is 2.25 bits per heavy atom. The number of carbonyl (C=O) groups is 1. The smallest absolute Gasteiger partial charge is 0.352 e. The average Bonchev–Trinajstić information content (AvgIpc) is 2.54. The first-order chi connectivity index (χ1) is 7.58. The molecule has 0 bridgehead atoms. The lowest BCUT2D eigenvalue weighted by atomic mass is 10.2. The molecule has 5 heteroatoms. The van der Waals surface area contributed by atoms with E-state index < -0.39 is 5.97 Å². The monoisotopic (exact) mass is 239 g/mol. The number of anilines is 1. The number of phenols is 1. The van der Waals surface area contributed by atoms with Crippen LogP contribution in [-0.4, -0.2) is 17.7 Å². The number of benzene rings is 1. The molecule has 0 atom stereocenters. The molecule has 84 valence electrons. The predicted molar refractivity (Wildman–Crippen MR) is 60.3 cm³/mol. The number of nitrogens with one attached hydrogen (secondary N) is 1. The minimum Gasteiger partial charge on any atom is -0.506 e.